The maximum Gasteiger partial charge on any atom is 0.0457 e. The number of benzene rings is 1. The second-order valence-corrected chi connectivity index (χ2v) is 5.51. The minimum absolute atomic E-state index is 0.646. The van der Waals surface area contributed by atoms with Crippen molar-refractivity contribution in [2.45, 2.75) is 32.4 Å². The number of likely N-dealkylation sites (tertiary alicyclic amines) is 1. The van der Waals surface area contributed by atoms with E-state index in [1.54, 1.807) is 0 Å². The lowest BCUT2D eigenvalue weighted by Crippen LogP contribution is -2.45. The predicted molar refractivity (Wildman–Crippen MR) is 80.3 cm³/mol. The number of nitrogens with zero attached hydrogens (tertiary/aromatic N) is 1. The van der Waals surface area contributed by atoms with Gasteiger partial charge >= 0.3 is 0 Å². The van der Waals surface area contributed by atoms with Crippen molar-refractivity contribution in [3.63, 3.8) is 0 Å². The van der Waals surface area contributed by atoms with E-state index < -0.39 is 0 Å². The highest BCUT2D eigenvalue weighted by atomic mass is 15.2. The van der Waals surface area contributed by atoms with Gasteiger partial charge in [0, 0.05) is 30.8 Å². The second kappa shape index (κ2) is 5.76. The number of H-pyrrole nitrogens is 1. The minimum Gasteiger partial charge on any atom is -0.361 e. The number of nitrogens with one attached hydrogen (secondary N) is 2. The first kappa shape index (κ1) is 12.7. The summed E-state index contributed by atoms with van der Waals surface area (Å²) in [6, 6.07) is 9.44. The minimum atomic E-state index is 0.646. The molecule has 2 heterocycles. The topological polar surface area (TPSA) is 31.1 Å². The lowest BCUT2D eigenvalue weighted by atomic mass is 10.1. The van der Waals surface area contributed by atoms with E-state index in [-0.39, 0.29) is 0 Å². The molecule has 3 heteroatoms. The quantitative estimate of drug-likeness (QED) is 0.882. The molecule has 0 bridgehead atoms. The molecule has 1 fully saturated rings. The fourth-order valence-corrected chi connectivity index (χ4v) is 2.98. The predicted octanol–water partition coefficient (Wildman–Crippen LogP) is 2.74. The molecule has 0 radical (unpaired) electrons. The van der Waals surface area contributed by atoms with Crippen LogP contribution in [0.1, 0.15) is 25.3 Å². The van der Waals surface area contributed by atoms with Crippen LogP contribution in [-0.4, -0.2) is 35.6 Å². The van der Waals surface area contributed by atoms with E-state index in [1.165, 1.54) is 48.9 Å². The molecule has 3 nitrogen and oxygen atoms in total. The molecule has 2 N–H and O–H groups in total. The standard InChI is InChI=1S/C16H23N3/c1-2-19-9-3-4-15(12-19)18-11-13-5-6-14-7-8-17-16(14)10-13/h5-8,10,15,17-18H,2-4,9,11-12H2,1H3. The van der Waals surface area contributed by atoms with E-state index in [1.807, 2.05) is 6.20 Å². The second-order valence-electron chi connectivity index (χ2n) is 5.51. The summed E-state index contributed by atoms with van der Waals surface area (Å²) in [5.41, 5.74) is 2.60. The van der Waals surface area contributed by atoms with Crippen LogP contribution < -0.4 is 5.32 Å². The molecule has 1 unspecified atom stereocenters. The average Bonchev–Trinajstić information content (AvgIpc) is 2.93. The van der Waals surface area contributed by atoms with Gasteiger partial charge in [0.25, 0.3) is 0 Å². The van der Waals surface area contributed by atoms with Gasteiger partial charge in [-0.05, 0) is 49.0 Å². The fraction of sp³-hybridized carbons (Fsp3) is 0.500. The van der Waals surface area contributed by atoms with Gasteiger partial charge in [-0.25, -0.2) is 0 Å². The highest BCUT2D eigenvalue weighted by molar-refractivity contribution is 5.79. The van der Waals surface area contributed by atoms with Crippen LogP contribution in [-0.2, 0) is 6.54 Å². The van der Waals surface area contributed by atoms with Crippen molar-refractivity contribution in [1.82, 2.24) is 15.2 Å². The summed E-state index contributed by atoms with van der Waals surface area (Å²) in [7, 11) is 0. The molecule has 0 spiro atoms. The molecule has 1 atom stereocenters. The van der Waals surface area contributed by atoms with E-state index >= 15 is 0 Å². The SMILES string of the molecule is CCN1CCCC(NCc2ccc3cc[nH]c3c2)C1. The third-order valence-corrected chi connectivity index (χ3v) is 4.17. The first-order valence-electron chi connectivity index (χ1n) is 7.37. The molecule has 1 aromatic carbocycles. The Kier molecular flexibility index (Phi) is 3.85. The number of piperidine rings is 1. The maximum atomic E-state index is 3.70. The van der Waals surface area contributed by atoms with Crippen molar-refractivity contribution in [3.8, 4) is 0 Å². The average molecular weight is 257 g/mol. The van der Waals surface area contributed by atoms with Gasteiger partial charge in [0.15, 0.2) is 0 Å². The summed E-state index contributed by atoms with van der Waals surface area (Å²) in [5.74, 6) is 0. The number of hydrogen-bond donors (Lipinski definition) is 2. The number of rotatable bonds is 4. The zero-order valence-electron chi connectivity index (χ0n) is 11.7. The monoisotopic (exact) mass is 257 g/mol. The number of aromatic nitrogens is 1. The Labute approximate surface area is 115 Å². The lowest BCUT2D eigenvalue weighted by molar-refractivity contribution is 0.198. The normalized spacial score (nSPS) is 21.0. The van der Waals surface area contributed by atoms with Gasteiger partial charge in [-0.1, -0.05) is 19.1 Å². The van der Waals surface area contributed by atoms with Crippen LogP contribution in [0, 0.1) is 0 Å². The molecule has 0 aliphatic carbocycles. The smallest absolute Gasteiger partial charge is 0.0457 e. The molecule has 1 saturated heterocycles. The summed E-state index contributed by atoms with van der Waals surface area (Å²) in [4.78, 5) is 5.82. The lowest BCUT2D eigenvalue weighted by Gasteiger charge is -2.32. The summed E-state index contributed by atoms with van der Waals surface area (Å²) in [6.07, 6.45) is 4.63. The molecule has 1 aliphatic heterocycles. The molecular weight excluding hydrogens is 234 g/mol. The number of fused-ring (bicyclic) bond motifs is 1. The fourth-order valence-electron chi connectivity index (χ4n) is 2.98. The van der Waals surface area contributed by atoms with Gasteiger partial charge in [0.2, 0.25) is 0 Å². The van der Waals surface area contributed by atoms with Crippen LogP contribution in [0.4, 0.5) is 0 Å². The van der Waals surface area contributed by atoms with E-state index in [0.29, 0.717) is 6.04 Å². The third-order valence-electron chi connectivity index (χ3n) is 4.17. The van der Waals surface area contributed by atoms with Crippen molar-refractivity contribution in [2.24, 2.45) is 0 Å². The van der Waals surface area contributed by atoms with Gasteiger partial charge in [-0.2, -0.15) is 0 Å². The zero-order valence-corrected chi connectivity index (χ0v) is 11.7. The molecule has 1 aromatic heterocycles. The van der Waals surface area contributed by atoms with Gasteiger partial charge in [-0.3, -0.25) is 0 Å². The van der Waals surface area contributed by atoms with Crippen LogP contribution >= 0.6 is 0 Å². The molecule has 2 aromatic rings. The van der Waals surface area contributed by atoms with Gasteiger partial charge in [0.1, 0.15) is 0 Å². The highest BCUT2D eigenvalue weighted by Crippen LogP contribution is 2.15. The maximum absolute atomic E-state index is 3.70. The molecule has 3 rings (SSSR count). The Morgan fingerprint density at radius 1 is 1.37 bits per heavy atom. The van der Waals surface area contributed by atoms with Gasteiger partial charge in [-0.15, -0.1) is 0 Å². The summed E-state index contributed by atoms with van der Waals surface area (Å²) < 4.78 is 0. The molecule has 19 heavy (non-hydrogen) atoms. The van der Waals surface area contributed by atoms with E-state index in [4.69, 9.17) is 0 Å². The van der Waals surface area contributed by atoms with Crippen LogP contribution in [0.5, 0.6) is 0 Å². The molecule has 0 amide bonds. The Morgan fingerprint density at radius 3 is 3.21 bits per heavy atom. The Morgan fingerprint density at radius 2 is 2.32 bits per heavy atom. The van der Waals surface area contributed by atoms with E-state index in [2.05, 4.69) is 46.4 Å². The number of aromatic amines is 1. The van der Waals surface area contributed by atoms with E-state index in [0.717, 1.165) is 6.54 Å². The molecule has 0 saturated carbocycles. The number of hydrogen-bond acceptors (Lipinski definition) is 2. The van der Waals surface area contributed by atoms with Gasteiger partial charge < -0.3 is 15.2 Å². The summed E-state index contributed by atoms with van der Waals surface area (Å²) in [6.45, 7) is 6.86. The first-order chi connectivity index (χ1) is 9.35. The van der Waals surface area contributed by atoms with Gasteiger partial charge in [0.05, 0.1) is 0 Å². The van der Waals surface area contributed by atoms with Crippen molar-refractivity contribution in [3.05, 3.63) is 36.0 Å². The van der Waals surface area contributed by atoms with Crippen molar-refractivity contribution in [2.75, 3.05) is 19.6 Å². The third kappa shape index (κ3) is 2.99. The zero-order chi connectivity index (χ0) is 13.1. The Bertz CT molecular complexity index is 532. The van der Waals surface area contributed by atoms with Crippen molar-refractivity contribution in [1.29, 1.82) is 0 Å². The van der Waals surface area contributed by atoms with E-state index in [9.17, 15) is 0 Å². The van der Waals surface area contributed by atoms with Crippen molar-refractivity contribution >= 4 is 10.9 Å². The van der Waals surface area contributed by atoms with Crippen LogP contribution in [0.2, 0.25) is 0 Å². The summed E-state index contributed by atoms with van der Waals surface area (Å²) in [5, 5.41) is 4.99. The Balaban J connectivity index is 1.59. The first-order valence-corrected chi connectivity index (χ1v) is 7.37. The molecule has 1 aliphatic rings. The largest absolute Gasteiger partial charge is 0.361 e. The summed E-state index contributed by atoms with van der Waals surface area (Å²) >= 11 is 0. The molecular formula is C16H23N3. The molecule has 102 valence electrons. The number of likely N-dealkylation sites (N-methyl/N-ethyl adjacent to an activating group) is 1. The van der Waals surface area contributed by atoms with Crippen LogP contribution in [0.15, 0.2) is 30.5 Å². The van der Waals surface area contributed by atoms with Crippen LogP contribution in [0.3, 0.4) is 0 Å². The van der Waals surface area contributed by atoms with Crippen LogP contribution in [0.25, 0.3) is 10.9 Å². The van der Waals surface area contributed by atoms with Crippen molar-refractivity contribution < 1.29 is 0 Å². The Hall–Kier alpha value is -1.32. The highest BCUT2D eigenvalue weighted by Gasteiger charge is 2.17.